The van der Waals surface area contributed by atoms with Crippen molar-refractivity contribution in [2.24, 2.45) is 0 Å². The van der Waals surface area contributed by atoms with Gasteiger partial charge >= 0.3 is 0 Å². The summed E-state index contributed by atoms with van der Waals surface area (Å²) in [6, 6.07) is 3.95. The van der Waals surface area contributed by atoms with E-state index in [0.717, 1.165) is 30.8 Å². The molecule has 1 aliphatic heterocycles. The van der Waals surface area contributed by atoms with Crippen LogP contribution < -0.4 is 4.90 Å². The highest BCUT2D eigenvalue weighted by Gasteiger charge is 2.18. The second kappa shape index (κ2) is 3.78. The molecule has 1 aliphatic rings. The molecule has 0 saturated carbocycles. The van der Waals surface area contributed by atoms with E-state index in [-0.39, 0.29) is 0 Å². The molecule has 2 rings (SSSR count). The highest BCUT2D eigenvalue weighted by atomic mass is 16.1. The maximum Gasteiger partial charge on any atom is 0.152 e. The van der Waals surface area contributed by atoms with Crippen LogP contribution in [0.5, 0.6) is 0 Å². The molecule has 1 saturated heterocycles. The monoisotopic (exact) mass is 190 g/mol. The normalized spacial score (nSPS) is 17.2. The number of nitrogens with zero attached hydrogens (tertiary/aromatic N) is 2. The van der Waals surface area contributed by atoms with Crippen molar-refractivity contribution < 1.29 is 4.79 Å². The van der Waals surface area contributed by atoms with Gasteiger partial charge in [-0.3, -0.25) is 4.79 Å². The molecule has 3 heteroatoms. The van der Waals surface area contributed by atoms with E-state index in [9.17, 15) is 4.79 Å². The number of hydrogen-bond acceptors (Lipinski definition) is 3. The first-order valence-electron chi connectivity index (χ1n) is 4.95. The van der Waals surface area contributed by atoms with Gasteiger partial charge in [-0.1, -0.05) is 6.07 Å². The Kier molecular flexibility index (Phi) is 2.48. The number of anilines is 1. The van der Waals surface area contributed by atoms with E-state index >= 15 is 0 Å². The average molecular weight is 190 g/mol. The van der Waals surface area contributed by atoms with E-state index in [2.05, 4.69) is 9.88 Å². The Morgan fingerprint density at radius 2 is 2.36 bits per heavy atom. The number of Topliss-reactive ketones (excluding diaryl/α,β-unsaturated/α-hetero) is 1. The third kappa shape index (κ3) is 1.76. The molecule has 14 heavy (non-hydrogen) atoms. The van der Waals surface area contributed by atoms with Crippen molar-refractivity contribution in [1.29, 1.82) is 0 Å². The van der Waals surface area contributed by atoms with Crippen molar-refractivity contribution in [2.75, 3.05) is 18.0 Å². The summed E-state index contributed by atoms with van der Waals surface area (Å²) in [7, 11) is 0. The first-order chi connectivity index (χ1) is 6.77. The quantitative estimate of drug-likeness (QED) is 0.673. The molecule has 0 unspecified atom stereocenters. The summed E-state index contributed by atoms with van der Waals surface area (Å²) in [4.78, 5) is 17.7. The Morgan fingerprint density at radius 1 is 1.50 bits per heavy atom. The van der Waals surface area contributed by atoms with Gasteiger partial charge in [-0.05, 0) is 25.0 Å². The molecular weight excluding hydrogens is 176 g/mol. The van der Waals surface area contributed by atoms with Gasteiger partial charge in [-0.15, -0.1) is 0 Å². The molecule has 0 radical (unpaired) electrons. The van der Waals surface area contributed by atoms with Crippen LogP contribution >= 0.6 is 0 Å². The minimum absolute atomic E-state index is 0.321. The molecule has 0 N–H and O–H groups in total. The van der Waals surface area contributed by atoms with Crippen molar-refractivity contribution in [3.05, 3.63) is 23.9 Å². The van der Waals surface area contributed by atoms with Crippen molar-refractivity contribution in [2.45, 2.75) is 19.8 Å². The predicted octanol–water partition coefficient (Wildman–Crippen LogP) is 1.56. The van der Waals surface area contributed by atoms with Crippen LogP contribution in [0.25, 0.3) is 0 Å². The third-order valence-corrected chi connectivity index (χ3v) is 2.53. The number of hydrogen-bond donors (Lipinski definition) is 0. The van der Waals surface area contributed by atoms with Gasteiger partial charge in [0.25, 0.3) is 0 Å². The molecular formula is C11H14N2O. The zero-order chi connectivity index (χ0) is 9.97. The fourth-order valence-electron chi connectivity index (χ4n) is 1.83. The van der Waals surface area contributed by atoms with Crippen LogP contribution in [0.2, 0.25) is 0 Å². The number of aromatic nitrogens is 1. The van der Waals surface area contributed by atoms with Gasteiger partial charge in [-0.25, -0.2) is 4.98 Å². The molecule has 0 spiro atoms. The fourth-order valence-corrected chi connectivity index (χ4v) is 1.83. The van der Waals surface area contributed by atoms with Crippen LogP contribution in [0.1, 0.15) is 18.4 Å². The molecule has 1 aromatic heterocycles. The van der Waals surface area contributed by atoms with Gasteiger partial charge in [0, 0.05) is 19.2 Å². The number of aryl methyl sites for hydroxylation is 1. The van der Waals surface area contributed by atoms with Gasteiger partial charge < -0.3 is 4.90 Å². The molecule has 2 heterocycles. The van der Waals surface area contributed by atoms with Crippen LogP contribution in [-0.2, 0) is 4.79 Å². The molecule has 1 fully saturated rings. The van der Waals surface area contributed by atoms with Gasteiger partial charge in [0.05, 0.1) is 6.54 Å². The van der Waals surface area contributed by atoms with E-state index in [1.165, 1.54) is 0 Å². The second-order valence-corrected chi connectivity index (χ2v) is 3.71. The van der Waals surface area contributed by atoms with Crippen LogP contribution in [0.3, 0.4) is 0 Å². The highest BCUT2D eigenvalue weighted by Crippen LogP contribution is 2.19. The predicted molar refractivity (Wildman–Crippen MR) is 55.4 cm³/mol. The number of carbonyl (C=O) groups is 1. The first kappa shape index (κ1) is 9.19. The fraction of sp³-hybridized carbons (Fsp3) is 0.455. The molecule has 0 atom stereocenters. The van der Waals surface area contributed by atoms with Crippen molar-refractivity contribution in [3.8, 4) is 0 Å². The lowest BCUT2D eigenvalue weighted by molar-refractivity contribution is -0.118. The van der Waals surface area contributed by atoms with E-state index in [0.29, 0.717) is 12.3 Å². The highest BCUT2D eigenvalue weighted by molar-refractivity contribution is 5.84. The number of pyridine rings is 1. The average Bonchev–Trinajstić information content (AvgIpc) is 2.18. The lowest BCUT2D eigenvalue weighted by Gasteiger charge is -2.27. The van der Waals surface area contributed by atoms with Crippen LogP contribution in [0.4, 0.5) is 5.82 Å². The van der Waals surface area contributed by atoms with E-state index in [1.807, 2.05) is 19.1 Å². The largest absolute Gasteiger partial charge is 0.349 e. The summed E-state index contributed by atoms with van der Waals surface area (Å²) in [6.07, 6.45) is 3.46. The van der Waals surface area contributed by atoms with E-state index in [4.69, 9.17) is 0 Å². The van der Waals surface area contributed by atoms with Crippen LogP contribution in [0.15, 0.2) is 18.3 Å². The Labute approximate surface area is 83.8 Å². The smallest absolute Gasteiger partial charge is 0.152 e. The Bertz CT molecular complexity index is 349. The summed E-state index contributed by atoms with van der Waals surface area (Å²) >= 11 is 0. The minimum Gasteiger partial charge on any atom is -0.349 e. The topological polar surface area (TPSA) is 33.2 Å². The standard InChI is InChI=1S/C11H14N2O/c1-9-4-2-6-12-11(9)13-7-3-5-10(14)8-13/h2,4,6H,3,5,7-8H2,1H3. The molecule has 0 amide bonds. The van der Waals surface area contributed by atoms with Gasteiger partial charge in [0.2, 0.25) is 0 Å². The zero-order valence-corrected chi connectivity index (χ0v) is 8.36. The van der Waals surface area contributed by atoms with Crippen LogP contribution in [-0.4, -0.2) is 23.9 Å². The van der Waals surface area contributed by atoms with E-state index in [1.54, 1.807) is 6.20 Å². The summed E-state index contributed by atoms with van der Waals surface area (Å²) in [5.41, 5.74) is 1.14. The molecule has 0 aliphatic carbocycles. The summed E-state index contributed by atoms with van der Waals surface area (Å²) in [5.74, 6) is 1.28. The number of carbonyl (C=O) groups excluding carboxylic acids is 1. The van der Waals surface area contributed by atoms with Crippen molar-refractivity contribution in [1.82, 2.24) is 4.98 Å². The first-order valence-corrected chi connectivity index (χ1v) is 4.95. The summed E-state index contributed by atoms with van der Waals surface area (Å²) in [6.45, 7) is 3.50. The third-order valence-electron chi connectivity index (χ3n) is 2.53. The molecule has 3 nitrogen and oxygen atoms in total. The van der Waals surface area contributed by atoms with Crippen LogP contribution in [0, 0.1) is 6.92 Å². The number of rotatable bonds is 1. The maximum absolute atomic E-state index is 11.3. The molecule has 1 aromatic rings. The lowest BCUT2D eigenvalue weighted by atomic mass is 10.1. The summed E-state index contributed by atoms with van der Waals surface area (Å²) in [5, 5.41) is 0. The lowest BCUT2D eigenvalue weighted by Crippen LogP contribution is -2.36. The SMILES string of the molecule is Cc1cccnc1N1CCCC(=O)C1. The Hall–Kier alpha value is -1.38. The minimum atomic E-state index is 0.321. The van der Waals surface area contributed by atoms with Gasteiger partial charge in [0.1, 0.15) is 5.82 Å². The Balaban J connectivity index is 2.22. The Morgan fingerprint density at radius 3 is 3.07 bits per heavy atom. The summed E-state index contributed by atoms with van der Waals surface area (Å²) < 4.78 is 0. The van der Waals surface area contributed by atoms with Crippen molar-refractivity contribution in [3.63, 3.8) is 0 Å². The number of ketones is 1. The van der Waals surface area contributed by atoms with Crippen molar-refractivity contribution >= 4 is 11.6 Å². The molecule has 74 valence electrons. The maximum atomic E-state index is 11.3. The zero-order valence-electron chi connectivity index (χ0n) is 8.36. The van der Waals surface area contributed by atoms with Gasteiger partial charge in [-0.2, -0.15) is 0 Å². The number of piperidine rings is 1. The van der Waals surface area contributed by atoms with E-state index < -0.39 is 0 Å². The molecule has 0 aromatic carbocycles. The second-order valence-electron chi connectivity index (χ2n) is 3.71. The molecule has 0 bridgehead atoms. The van der Waals surface area contributed by atoms with Gasteiger partial charge in [0.15, 0.2) is 5.78 Å².